The second kappa shape index (κ2) is 10.1. The Morgan fingerprint density at radius 2 is 1.13 bits per heavy atom. The zero-order valence-corrected chi connectivity index (χ0v) is 24.7. The van der Waals surface area contributed by atoms with E-state index in [9.17, 15) is 45.1 Å². The summed E-state index contributed by atoms with van der Waals surface area (Å²) in [6.07, 6.45) is 0. The van der Waals surface area contributed by atoms with Crippen LogP contribution in [0.4, 0.5) is 0 Å². The smallest absolute Gasteiger partial charge is 0.289 e. The Balaban J connectivity index is 1.79. The van der Waals surface area contributed by atoms with E-state index >= 15 is 0 Å². The second-order valence-corrected chi connectivity index (χ2v) is 13.5. The molecular weight excluding hydrogens is 669 g/mol. The van der Waals surface area contributed by atoms with Crippen molar-refractivity contribution in [1.29, 1.82) is 0 Å². The van der Waals surface area contributed by atoms with Crippen LogP contribution >= 0.6 is 12.0 Å². The lowest BCUT2D eigenvalue weighted by Crippen LogP contribution is -2.17. The summed E-state index contributed by atoms with van der Waals surface area (Å²) >= 11 is 0.289. The number of aromatic nitrogens is 2. The molecule has 0 radical (unpaired) electrons. The summed E-state index contributed by atoms with van der Waals surface area (Å²) in [6.45, 7) is 0. The van der Waals surface area contributed by atoms with Crippen LogP contribution in [-0.4, -0.2) is 41.2 Å². The Morgan fingerprint density at radius 3 is 1.74 bits per heavy atom. The number of rotatable bonds is 5. The lowest BCUT2D eigenvalue weighted by atomic mass is 9.99. The third kappa shape index (κ3) is 4.31. The Labute approximate surface area is 257 Å². The minimum absolute atomic E-state index is 0.0214. The van der Waals surface area contributed by atoms with E-state index in [0.717, 1.165) is 30.3 Å². The average Bonchev–Trinajstić information content (AvgIpc) is 3.02. The van der Waals surface area contributed by atoms with E-state index < -0.39 is 84.5 Å². The molecule has 0 saturated carbocycles. The van der Waals surface area contributed by atoms with E-state index in [1.54, 1.807) is 0 Å². The molecule has 1 aromatic heterocycles. The minimum Gasteiger partial charge on any atom is -0.289 e. The first-order valence-corrected chi connectivity index (χ1v) is 16.2. The first-order chi connectivity index (χ1) is 21.7. The number of hydrogen-bond acceptors (Lipinski definition) is 14. The zero-order chi connectivity index (χ0) is 32.9. The molecule has 0 aliphatic heterocycles. The molecule has 18 heteroatoms. The maximum absolute atomic E-state index is 13.9. The second-order valence-electron chi connectivity index (χ2n) is 9.96. The van der Waals surface area contributed by atoms with Gasteiger partial charge in [-0.3, -0.25) is 28.3 Å². The summed E-state index contributed by atoms with van der Waals surface area (Å²) in [4.78, 5) is 61.6. The Hall–Kier alpha value is -4.79. The van der Waals surface area contributed by atoms with Crippen molar-refractivity contribution in [3.63, 3.8) is 0 Å². The monoisotopic (exact) mass is 680 g/mol. The number of benzene rings is 6. The maximum atomic E-state index is 13.9. The molecular formula is C28H12N2O13S3. The minimum atomic E-state index is -5.19. The lowest BCUT2D eigenvalue weighted by molar-refractivity contribution is -0.432. The van der Waals surface area contributed by atoms with Gasteiger partial charge in [0.05, 0.1) is 32.6 Å². The molecule has 0 fully saturated rings. The normalized spacial score (nSPS) is 12.8. The highest BCUT2D eigenvalue weighted by Crippen LogP contribution is 2.36. The largest absolute Gasteiger partial charge is 0.296 e. The van der Waals surface area contributed by atoms with Crippen molar-refractivity contribution in [1.82, 2.24) is 9.97 Å². The van der Waals surface area contributed by atoms with E-state index in [1.807, 2.05) is 0 Å². The van der Waals surface area contributed by atoms with Crippen molar-refractivity contribution in [3.05, 3.63) is 95.5 Å². The van der Waals surface area contributed by atoms with Gasteiger partial charge in [0.1, 0.15) is 27.0 Å². The van der Waals surface area contributed by atoms with Crippen LogP contribution in [0.15, 0.2) is 88.5 Å². The molecule has 230 valence electrons. The predicted molar refractivity (Wildman–Crippen MR) is 165 cm³/mol. The zero-order valence-electron chi connectivity index (χ0n) is 22.2. The van der Waals surface area contributed by atoms with Crippen LogP contribution in [0, 0.1) is 0 Å². The van der Waals surface area contributed by atoms with E-state index in [-0.39, 0.29) is 49.4 Å². The van der Waals surface area contributed by atoms with Gasteiger partial charge >= 0.3 is 0 Å². The highest BCUT2D eigenvalue weighted by atomic mass is 32.2. The van der Waals surface area contributed by atoms with Crippen LogP contribution in [0.2, 0.25) is 0 Å². The first kappa shape index (κ1) is 29.9. The molecule has 1 heterocycles. The molecule has 0 amide bonds. The van der Waals surface area contributed by atoms with Gasteiger partial charge in [-0.15, -0.1) is 4.33 Å². The number of fused-ring (bicyclic) bond motifs is 8. The molecule has 0 atom stereocenters. The van der Waals surface area contributed by atoms with Crippen LogP contribution in [0.25, 0.3) is 65.2 Å². The Bertz CT molecular complexity index is 2990. The van der Waals surface area contributed by atoms with E-state index in [2.05, 4.69) is 19.3 Å². The van der Waals surface area contributed by atoms with Gasteiger partial charge in [-0.25, -0.2) is 15.2 Å². The van der Waals surface area contributed by atoms with Gasteiger partial charge in [0.15, 0.2) is 21.7 Å². The van der Waals surface area contributed by atoms with Crippen molar-refractivity contribution < 1.29 is 40.6 Å². The molecule has 15 nitrogen and oxygen atoms in total. The molecule has 6 aromatic carbocycles. The summed E-state index contributed by atoms with van der Waals surface area (Å²) in [5.41, 5.74) is -5.16. The predicted octanol–water partition coefficient (Wildman–Crippen LogP) is 2.63. The highest BCUT2D eigenvalue weighted by molar-refractivity contribution is 7.94. The van der Waals surface area contributed by atoms with Crippen molar-refractivity contribution in [2.45, 2.75) is 14.7 Å². The maximum Gasteiger partial charge on any atom is 0.296 e. The summed E-state index contributed by atoms with van der Waals surface area (Å²) in [5.74, 6) is 0. The summed E-state index contributed by atoms with van der Waals surface area (Å²) < 4.78 is 73.1. The molecule has 46 heavy (non-hydrogen) atoms. The Kier molecular flexibility index (Phi) is 6.57. The van der Waals surface area contributed by atoms with Crippen molar-refractivity contribution in [2.75, 3.05) is 0 Å². The number of nitrogens with zero attached hydrogens (tertiary/aromatic N) is 2. The average molecular weight is 681 g/mol. The summed E-state index contributed by atoms with van der Waals surface area (Å²) in [5, 5.41) is 10.2. The topological polar surface area (TPSA) is 241 Å². The van der Waals surface area contributed by atoms with Gasteiger partial charge in [-0.2, -0.15) is 16.8 Å². The van der Waals surface area contributed by atoms with Crippen molar-refractivity contribution >= 4 is 97.4 Å². The van der Waals surface area contributed by atoms with Crippen LogP contribution in [0.3, 0.4) is 0 Å². The third-order valence-electron chi connectivity index (χ3n) is 7.50. The standard InChI is InChI=1S/C28H12N2O13S3/c31-25-11-3-1-2-4-12(11)27(33)20-16(25)9-18(46(39,40)41)22-24(20)29-21-17(44-43-42-35)8-15-19(23(21)30-22)28(34)14-7-10(45(36,37)38)5-6-13(14)26(15)32/h1-9,35H,(H,36,37,38)(H,39,40,41). The van der Waals surface area contributed by atoms with Gasteiger partial charge < -0.3 is 0 Å². The first-order valence-electron chi connectivity index (χ1n) is 12.6. The summed E-state index contributed by atoms with van der Waals surface area (Å²) in [7, 11) is -9.99. The molecule has 7 rings (SSSR count). The van der Waals surface area contributed by atoms with Crippen LogP contribution < -0.4 is 21.7 Å². The fourth-order valence-corrected chi connectivity index (χ4v) is 7.22. The third-order valence-corrected chi connectivity index (χ3v) is 9.83. The summed E-state index contributed by atoms with van der Waals surface area (Å²) in [6, 6.07) is 10.3. The molecule has 7 aromatic rings. The highest BCUT2D eigenvalue weighted by Gasteiger charge is 2.27. The number of hydrogen-bond donors (Lipinski definition) is 3. The van der Waals surface area contributed by atoms with Crippen LogP contribution in [0.1, 0.15) is 0 Å². The van der Waals surface area contributed by atoms with Crippen molar-refractivity contribution in [3.8, 4) is 0 Å². The fraction of sp³-hybridized carbons (Fsp3) is 0. The molecule has 0 saturated heterocycles. The fourth-order valence-electron chi connectivity index (χ4n) is 5.56. The molecule has 0 unspecified atom stereocenters. The Morgan fingerprint density at radius 1 is 0.587 bits per heavy atom. The molecule has 0 bridgehead atoms. The van der Waals surface area contributed by atoms with Gasteiger partial charge in [0.2, 0.25) is 0 Å². The molecule has 0 aliphatic rings. The van der Waals surface area contributed by atoms with Gasteiger partial charge in [-0.1, -0.05) is 29.3 Å². The molecule has 0 spiro atoms. The van der Waals surface area contributed by atoms with Gasteiger partial charge in [-0.05, 0) is 30.3 Å². The van der Waals surface area contributed by atoms with E-state index in [0.29, 0.717) is 0 Å². The van der Waals surface area contributed by atoms with E-state index in [1.165, 1.54) is 24.3 Å². The van der Waals surface area contributed by atoms with Gasteiger partial charge in [0, 0.05) is 32.3 Å². The van der Waals surface area contributed by atoms with Crippen LogP contribution in [0.5, 0.6) is 0 Å². The van der Waals surface area contributed by atoms with E-state index in [4.69, 9.17) is 5.26 Å². The SMILES string of the molecule is O=c1c2ccc(S(=O)(=O)O)cc2c(=O)c2c1cc(SOOO)c1nc3c(nc12)c(S(=O)(=O)O)cc1c(=O)c2ccccc2c(=O)c13. The van der Waals surface area contributed by atoms with Crippen LogP contribution in [-0.2, 0) is 29.6 Å². The van der Waals surface area contributed by atoms with Gasteiger partial charge in [0.25, 0.3) is 20.2 Å². The van der Waals surface area contributed by atoms with Crippen molar-refractivity contribution in [2.24, 2.45) is 0 Å². The quantitative estimate of drug-likeness (QED) is 0.0591. The molecule has 3 N–H and O–H groups in total. The lowest BCUT2D eigenvalue weighted by Gasteiger charge is -2.12. The molecule has 0 aliphatic carbocycles.